The van der Waals surface area contributed by atoms with Gasteiger partial charge in [0, 0.05) is 21.2 Å². The van der Waals surface area contributed by atoms with Crippen LogP contribution in [-0.4, -0.2) is 4.98 Å². The van der Waals surface area contributed by atoms with E-state index in [1.165, 1.54) is 8.93 Å². The number of hydrogen-bond acceptors (Lipinski definition) is 3. The number of rotatable bonds is 0. The quantitative estimate of drug-likeness (QED) is 0.582. The lowest BCUT2D eigenvalue weighted by atomic mass is 10.3. The molecule has 0 fully saturated rings. The molecule has 0 atom stereocenters. The first-order valence-corrected chi connectivity index (χ1v) is 6.19. The number of pyridine rings is 1. The van der Waals surface area contributed by atoms with Crippen LogP contribution in [0.2, 0.25) is 0 Å². The third-order valence-electron chi connectivity index (χ3n) is 1.00. The van der Waals surface area contributed by atoms with Gasteiger partial charge in [-0.2, -0.15) is 0 Å². The lowest BCUT2D eigenvalue weighted by Gasteiger charge is -1.89. The number of hydrogen-bond donors (Lipinski definition) is 1. The second kappa shape index (κ2) is 4.46. The predicted octanol–water partition coefficient (Wildman–Crippen LogP) is 2.06. The van der Waals surface area contributed by atoms with Crippen molar-refractivity contribution in [1.29, 1.82) is 0 Å². The van der Waals surface area contributed by atoms with E-state index in [4.69, 9.17) is 5.73 Å². The molecule has 0 aliphatic carbocycles. The zero-order valence-electron chi connectivity index (χ0n) is 5.54. The molecule has 11 heavy (non-hydrogen) atoms. The fourth-order valence-corrected chi connectivity index (χ4v) is 1.02. The van der Waals surface area contributed by atoms with Crippen LogP contribution >= 0.6 is 30.1 Å². The summed E-state index contributed by atoms with van der Waals surface area (Å²) >= 11 is 2.11. The fourth-order valence-electron chi connectivity index (χ4n) is 0.551. The molecule has 0 spiro atoms. The van der Waals surface area contributed by atoms with Gasteiger partial charge in [-0.25, -0.2) is 4.98 Å². The Labute approximate surface area is 81.6 Å². The Morgan fingerprint density at radius 3 is 2.91 bits per heavy atom. The summed E-state index contributed by atoms with van der Waals surface area (Å²) in [5.41, 5.74) is 6.86. The monoisotopic (exact) mass is 276 g/mol. The molecular weight excluding hydrogens is 271 g/mol. The van der Waals surface area contributed by atoms with E-state index in [0.29, 0.717) is 5.69 Å². The summed E-state index contributed by atoms with van der Waals surface area (Å²) in [6, 6.07) is 3.59. The second-order valence-corrected chi connectivity index (χ2v) is 3.46. The first kappa shape index (κ1) is 8.68. The number of halogens is 1. The molecule has 0 saturated heterocycles. The molecule has 0 radical (unpaired) electrons. The lowest BCUT2D eigenvalue weighted by molar-refractivity contribution is 1.29. The maximum absolute atomic E-state index is 5.44. The minimum atomic E-state index is 0.665. The van der Waals surface area contributed by atoms with E-state index in [9.17, 15) is 0 Å². The molecule has 1 heterocycles. The Hall–Kier alpha value is -0.410. The molecule has 0 aliphatic rings. The Morgan fingerprint density at radius 2 is 2.36 bits per heavy atom. The number of nitrogen functional groups attached to an aromatic ring is 1. The molecule has 1 aromatic heterocycles. The number of aromatic nitrogens is 1. The Balaban J connectivity index is 2.82. The third-order valence-corrected chi connectivity index (χ3v) is 1.84. The van der Waals surface area contributed by atoms with Gasteiger partial charge in [0.25, 0.3) is 0 Å². The molecule has 0 amide bonds. The van der Waals surface area contributed by atoms with E-state index in [0.717, 1.165) is 5.69 Å². The molecule has 1 rings (SSSR count). The Kier molecular flexibility index (Phi) is 3.52. The van der Waals surface area contributed by atoms with Crippen LogP contribution in [0, 0.1) is 11.2 Å². The van der Waals surface area contributed by atoms with E-state index < -0.39 is 0 Å². The summed E-state index contributed by atoms with van der Waals surface area (Å²) in [7, 11) is 1.44. The van der Waals surface area contributed by atoms with Crippen molar-refractivity contribution in [1.82, 2.24) is 4.98 Å². The van der Waals surface area contributed by atoms with E-state index in [1.54, 1.807) is 18.3 Å². The zero-order valence-corrected chi connectivity index (χ0v) is 8.52. The van der Waals surface area contributed by atoms with Crippen molar-refractivity contribution in [2.24, 2.45) is 0 Å². The summed E-state index contributed by atoms with van der Waals surface area (Å²) in [5, 5.41) is 2.83. The van der Waals surface area contributed by atoms with Gasteiger partial charge in [-0.1, -0.05) is 0 Å². The van der Waals surface area contributed by atoms with Gasteiger partial charge in [0.2, 0.25) is 0 Å². The van der Waals surface area contributed by atoms with E-state index in [2.05, 4.69) is 37.4 Å². The molecular formula is C7H5IN2S. The average Bonchev–Trinajstić information content (AvgIpc) is 2.04. The predicted molar refractivity (Wildman–Crippen MR) is 57.1 cm³/mol. The van der Waals surface area contributed by atoms with Crippen LogP contribution < -0.4 is 5.73 Å². The van der Waals surface area contributed by atoms with Gasteiger partial charge < -0.3 is 5.73 Å². The van der Waals surface area contributed by atoms with Crippen molar-refractivity contribution in [3.8, 4) is 11.2 Å². The van der Waals surface area contributed by atoms with Crippen LogP contribution in [0.1, 0.15) is 5.69 Å². The molecule has 4 heteroatoms. The zero-order chi connectivity index (χ0) is 8.10. The van der Waals surface area contributed by atoms with Crippen molar-refractivity contribution in [3.05, 3.63) is 24.0 Å². The van der Waals surface area contributed by atoms with Gasteiger partial charge in [0.1, 0.15) is 5.69 Å². The van der Waals surface area contributed by atoms with Crippen LogP contribution in [0.3, 0.4) is 0 Å². The van der Waals surface area contributed by atoms with Gasteiger partial charge in [0.15, 0.2) is 0 Å². The lowest BCUT2D eigenvalue weighted by Crippen LogP contribution is -1.87. The Bertz CT molecular complexity index is 286. The minimum absolute atomic E-state index is 0.665. The number of anilines is 1. The molecule has 2 nitrogen and oxygen atoms in total. The summed E-state index contributed by atoms with van der Waals surface area (Å²) in [6.07, 6.45) is 1.60. The number of nitrogens with zero attached hydrogens (tertiary/aromatic N) is 1. The largest absolute Gasteiger partial charge is 0.397 e. The third kappa shape index (κ3) is 2.99. The highest BCUT2D eigenvalue weighted by Gasteiger charge is 1.86. The summed E-state index contributed by atoms with van der Waals surface area (Å²) < 4.78 is 0. The summed E-state index contributed by atoms with van der Waals surface area (Å²) in [5.74, 6) is 2.86. The molecule has 0 saturated carbocycles. The normalized spacial score (nSPS) is 8.45. The Morgan fingerprint density at radius 1 is 1.55 bits per heavy atom. The summed E-state index contributed by atoms with van der Waals surface area (Å²) in [4.78, 5) is 4.00. The van der Waals surface area contributed by atoms with Gasteiger partial charge in [0.05, 0.1) is 11.9 Å². The highest BCUT2D eigenvalue weighted by atomic mass is 127. The number of nitrogens with two attached hydrogens (primary N) is 1. The smallest absolute Gasteiger partial charge is 0.114 e. The van der Waals surface area contributed by atoms with E-state index in [-0.39, 0.29) is 0 Å². The molecule has 2 N–H and O–H groups in total. The molecule has 0 bridgehead atoms. The summed E-state index contributed by atoms with van der Waals surface area (Å²) in [6.45, 7) is 0. The molecule has 0 aromatic carbocycles. The van der Waals surface area contributed by atoms with Gasteiger partial charge >= 0.3 is 0 Å². The van der Waals surface area contributed by atoms with Crippen molar-refractivity contribution < 1.29 is 0 Å². The molecule has 0 aliphatic heterocycles. The molecule has 56 valence electrons. The van der Waals surface area contributed by atoms with Crippen LogP contribution in [0.4, 0.5) is 5.69 Å². The minimum Gasteiger partial charge on any atom is -0.397 e. The van der Waals surface area contributed by atoms with E-state index >= 15 is 0 Å². The first-order chi connectivity index (χ1) is 5.33. The van der Waals surface area contributed by atoms with E-state index in [1.807, 2.05) is 0 Å². The van der Waals surface area contributed by atoms with Gasteiger partial charge in [-0.3, -0.25) is 0 Å². The van der Waals surface area contributed by atoms with Gasteiger partial charge in [-0.15, -0.1) is 0 Å². The first-order valence-electron chi connectivity index (χ1n) is 2.83. The van der Waals surface area contributed by atoms with Crippen LogP contribution in [0.15, 0.2) is 18.3 Å². The molecule has 1 aromatic rings. The SMILES string of the molecule is Nc1ccc(C#CSI)nc1. The van der Waals surface area contributed by atoms with Crippen molar-refractivity contribution in [2.45, 2.75) is 0 Å². The maximum atomic E-state index is 5.44. The highest BCUT2D eigenvalue weighted by Crippen LogP contribution is 2.07. The standard InChI is InChI=1S/C7H5IN2S/c8-11-4-3-7-2-1-6(9)5-10-7/h1-2,5H,9H2. The van der Waals surface area contributed by atoms with Crippen LogP contribution in [0.5, 0.6) is 0 Å². The van der Waals surface area contributed by atoms with Crippen molar-refractivity contribution in [3.63, 3.8) is 0 Å². The van der Waals surface area contributed by atoms with Gasteiger partial charge in [-0.05, 0) is 32.2 Å². The van der Waals surface area contributed by atoms with Crippen molar-refractivity contribution in [2.75, 3.05) is 5.73 Å². The van der Waals surface area contributed by atoms with Crippen molar-refractivity contribution >= 4 is 35.8 Å². The van der Waals surface area contributed by atoms with Crippen LogP contribution in [-0.2, 0) is 0 Å². The fraction of sp³-hybridized carbons (Fsp3) is 0. The second-order valence-electron chi connectivity index (χ2n) is 1.78. The van der Waals surface area contributed by atoms with Crippen LogP contribution in [0.25, 0.3) is 0 Å². The topological polar surface area (TPSA) is 38.9 Å². The highest BCUT2D eigenvalue weighted by molar-refractivity contribution is 14.2. The average molecular weight is 276 g/mol. The molecule has 0 unspecified atom stereocenters. The maximum Gasteiger partial charge on any atom is 0.114 e.